The summed E-state index contributed by atoms with van der Waals surface area (Å²) >= 11 is 1.47. The van der Waals surface area contributed by atoms with Crippen molar-refractivity contribution < 1.29 is 24.3 Å². The Morgan fingerprint density at radius 3 is 1.79 bits per heavy atom. The van der Waals surface area contributed by atoms with E-state index in [0.717, 1.165) is 6.42 Å². The lowest BCUT2D eigenvalue weighted by Crippen LogP contribution is -2.57. The van der Waals surface area contributed by atoms with Gasteiger partial charge in [0.1, 0.15) is 18.1 Å². The zero-order chi connectivity index (χ0) is 28.9. The molecule has 0 aromatic rings. The molecule has 0 saturated carbocycles. The number of nitrogens with two attached hydrogens (primary N) is 5. The van der Waals surface area contributed by atoms with Crippen molar-refractivity contribution >= 4 is 41.4 Å². The Morgan fingerprint density at radius 2 is 1.26 bits per heavy atom. The van der Waals surface area contributed by atoms with Crippen LogP contribution < -0.4 is 44.6 Å². The third kappa shape index (κ3) is 16.3. The van der Waals surface area contributed by atoms with Crippen LogP contribution >= 0.6 is 11.8 Å². The molecule has 0 aliphatic carbocycles. The number of carbonyl (C=O) groups excluding carboxylic acids is 3. The molecule has 0 heterocycles. The maximum absolute atomic E-state index is 13.2. The number of aliphatic imine (C=N–C) groups is 1. The van der Waals surface area contributed by atoms with E-state index in [9.17, 15) is 24.3 Å². The Hall–Kier alpha value is -2.62. The van der Waals surface area contributed by atoms with Gasteiger partial charge in [0.2, 0.25) is 17.7 Å². The molecule has 4 unspecified atom stereocenters. The molecule has 0 aromatic heterocycles. The summed E-state index contributed by atoms with van der Waals surface area (Å²) in [5, 5.41) is 17.4. The molecule has 0 rings (SSSR count). The summed E-state index contributed by atoms with van der Waals surface area (Å²) in [6, 6.07) is -3.93. The van der Waals surface area contributed by atoms with E-state index in [-0.39, 0.29) is 31.8 Å². The number of hydrogen-bond acceptors (Lipinski definition) is 9. The first-order chi connectivity index (χ1) is 18.1. The van der Waals surface area contributed by atoms with Gasteiger partial charge in [-0.05, 0) is 76.5 Å². The Morgan fingerprint density at radius 1 is 0.763 bits per heavy atom. The quantitative estimate of drug-likeness (QED) is 0.0393. The Kier molecular flexibility index (Phi) is 19.9. The molecule has 0 bridgehead atoms. The van der Waals surface area contributed by atoms with Crippen molar-refractivity contribution in [2.75, 3.05) is 31.6 Å². The van der Waals surface area contributed by atoms with Crippen LogP contribution in [0.25, 0.3) is 0 Å². The maximum Gasteiger partial charge on any atom is 0.326 e. The maximum atomic E-state index is 13.2. The van der Waals surface area contributed by atoms with Crippen molar-refractivity contribution in [1.29, 1.82) is 0 Å². The number of carboxylic acids is 1. The molecule has 220 valence electrons. The number of hydrogen-bond donors (Lipinski definition) is 9. The molecule has 0 spiro atoms. The second-order valence-electron chi connectivity index (χ2n) is 8.93. The minimum Gasteiger partial charge on any atom is -0.480 e. The molecule has 3 amide bonds. The highest BCUT2D eigenvalue weighted by Crippen LogP contribution is 2.08. The lowest BCUT2D eigenvalue weighted by atomic mass is 10.1. The van der Waals surface area contributed by atoms with Crippen LogP contribution in [0, 0.1) is 0 Å². The van der Waals surface area contributed by atoms with Crippen LogP contribution in [-0.4, -0.2) is 90.6 Å². The summed E-state index contributed by atoms with van der Waals surface area (Å²) in [4.78, 5) is 54.4. The number of rotatable bonds is 22. The van der Waals surface area contributed by atoms with Crippen molar-refractivity contribution in [3.63, 3.8) is 0 Å². The summed E-state index contributed by atoms with van der Waals surface area (Å²) < 4.78 is 0. The number of carbonyl (C=O) groups is 4. The highest BCUT2D eigenvalue weighted by atomic mass is 32.2. The van der Waals surface area contributed by atoms with Crippen LogP contribution in [0.1, 0.15) is 57.8 Å². The number of thioether (sulfide) groups is 1. The fraction of sp³-hybridized carbons (Fsp3) is 0.783. The number of unbranched alkanes of at least 4 members (excludes halogenated alkanes) is 2. The van der Waals surface area contributed by atoms with E-state index >= 15 is 0 Å². The lowest BCUT2D eigenvalue weighted by molar-refractivity contribution is -0.142. The van der Waals surface area contributed by atoms with E-state index in [2.05, 4.69) is 20.9 Å². The van der Waals surface area contributed by atoms with Crippen molar-refractivity contribution in [3.8, 4) is 0 Å². The highest BCUT2D eigenvalue weighted by Gasteiger charge is 2.30. The fourth-order valence-electron chi connectivity index (χ4n) is 3.49. The molecule has 38 heavy (non-hydrogen) atoms. The lowest BCUT2D eigenvalue weighted by Gasteiger charge is -2.25. The summed E-state index contributed by atoms with van der Waals surface area (Å²) in [7, 11) is 0. The van der Waals surface area contributed by atoms with Gasteiger partial charge in [0.25, 0.3) is 0 Å². The first-order valence-electron chi connectivity index (χ1n) is 12.9. The first-order valence-corrected chi connectivity index (χ1v) is 14.3. The van der Waals surface area contributed by atoms with Crippen molar-refractivity contribution in [1.82, 2.24) is 16.0 Å². The van der Waals surface area contributed by atoms with E-state index in [1.165, 1.54) is 11.8 Å². The van der Waals surface area contributed by atoms with Gasteiger partial charge < -0.3 is 49.7 Å². The zero-order valence-electron chi connectivity index (χ0n) is 22.3. The normalized spacial score (nSPS) is 14.0. The van der Waals surface area contributed by atoms with Gasteiger partial charge in [-0.2, -0.15) is 11.8 Å². The molecule has 0 saturated heterocycles. The van der Waals surface area contributed by atoms with Gasteiger partial charge in [-0.1, -0.05) is 6.42 Å². The van der Waals surface area contributed by atoms with Crippen LogP contribution in [0.3, 0.4) is 0 Å². The van der Waals surface area contributed by atoms with E-state index in [4.69, 9.17) is 28.7 Å². The summed E-state index contributed by atoms with van der Waals surface area (Å²) in [6.45, 7) is 1.14. The summed E-state index contributed by atoms with van der Waals surface area (Å²) in [5.41, 5.74) is 27.6. The van der Waals surface area contributed by atoms with E-state index < -0.39 is 47.9 Å². The number of guanidine groups is 1. The van der Waals surface area contributed by atoms with Gasteiger partial charge in [0, 0.05) is 6.54 Å². The van der Waals surface area contributed by atoms with Gasteiger partial charge in [0.05, 0.1) is 6.04 Å². The molecule has 0 aliphatic heterocycles. The first kappa shape index (κ1) is 35.4. The molecular formula is C23H47N9O5S. The number of nitrogens with zero attached hydrogens (tertiary/aromatic N) is 1. The molecule has 15 heteroatoms. The van der Waals surface area contributed by atoms with Crippen LogP contribution in [0.2, 0.25) is 0 Å². The van der Waals surface area contributed by atoms with E-state index in [0.29, 0.717) is 50.9 Å². The molecule has 0 aromatic carbocycles. The second-order valence-corrected chi connectivity index (χ2v) is 9.91. The molecular weight excluding hydrogens is 514 g/mol. The average Bonchev–Trinajstić information content (AvgIpc) is 2.87. The van der Waals surface area contributed by atoms with Gasteiger partial charge in [0.15, 0.2) is 5.96 Å². The van der Waals surface area contributed by atoms with Crippen LogP contribution in [0.4, 0.5) is 0 Å². The zero-order valence-corrected chi connectivity index (χ0v) is 23.1. The molecule has 14 nitrogen and oxygen atoms in total. The van der Waals surface area contributed by atoms with Gasteiger partial charge >= 0.3 is 5.97 Å². The average molecular weight is 562 g/mol. The predicted molar refractivity (Wildman–Crippen MR) is 150 cm³/mol. The Labute approximate surface area is 229 Å². The SMILES string of the molecule is CSCCC(NC(=O)C(CCCN=C(N)N)NC(=O)C(N)CCCCN)C(=O)NC(CCCCN)C(=O)O. The van der Waals surface area contributed by atoms with Crippen molar-refractivity contribution in [2.45, 2.75) is 82.0 Å². The third-order valence-corrected chi connectivity index (χ3v) is 6.33. The fourth-order valence-corrected chi connectivity index (χ4v) is 3.96. The monoisotopic (exact) mass is 561 g/mol. The second kappa shape index (κ2) is 21.3. The summed E-state index contributed by atoms with van der Waals surface area (Å²) in [6.07, 6.45) is 5.85. The summed E-state index contributed by atoms with van der Waals surface area (Å²) in [5.74, 6) is -2.43. The minimum atomic E-state index is -1.17. The molecule has 0 fully saturated rings. The minimum absolute atomic E-state index is 0.0924. The van der Waals surface area contributed by atoms with E-state index in [1.54, 1.807) is 0 Å². The molecule has 0 radical (unpaired) electrons. The molecule has 0 aliphatic rings. The Balaban J connectivity index is 5.50. The predicted octanol–water partition coefficient (Wildman–Crippen LogP) is -2.08. The van der Waals surface area contributed by atoms with Crippen LogP contribution in [0.15, 0.2) is 4.99 Å². The number of aliphatic carboxylic acids is 1. The van der Waals surface area contributed by atoms with Gasteiger partial charge in [-0.25, -0.2) is 4.79 Å². The third-order valence-electron chi connectivity index (χ3n) is 5.69. The number of nitrogens with one attached hydrogen (secondary N) is 3. The van der Waals surface area contributed by atoms with Crippen LogP contribution in [-0.2, 0) is 19.2 Å². The van der Waals surface area contributed by atoms with Crippen molar-refractivity contribution in [3.05, 3.63) is 0 Å². The topological polar surface area (TPSA) is 267 Å². The van der Waals surface area contributed by atoms with E-state index in [1.807, 2.05) is 6.26 Å². The van der Waals surface area contributed by atoms with Crippen LogP contribution in [0.5, 0.6) is 0 Å². The van der Waals surface area contributed by atoms with Gasteiger partial charge in [-0.15, -0.1) is 0 Å². The standard InChI is InChI=1S/C23H47N9O5S/c1-38-14-10-17(21(35)32-18(22(36)37)8-3-5-12-25)31-20(34)16(9-6-13-29-23(27)28)30-19(33)15(26)7-2-4-11-24/h15-18H,2-14,24-26H2,1H3,(H,30,33)(H,31,34)(H,32,35)(H,36,37)(H4,27,28,29). The highest BCUT2D eigenvalue weighted by molar-refractivity contribution is 7.98. The van der Waals surface area contributed by atoms with Gasteiger partial charge in [-0.3, -0.25) is 19.4 Å². The number of carboxylic acid groups (broad SMARTS) is 1. The molecule has 4 atom stereocenters. The number of amides is 3. The van der Waals surface area contributed by atoms with Crippen molar-refractivity contribution in [2.24, 2.45) is 33.7 Å². The largest absolute Gasteiger partial charge is 0.480 e. The smallest absolute Gasteiger partial charge is 0.326 e. The Bertz CT molecular complexity index is 753. The molecule has 14 N–H and O–H groups in total.